The monoisotopic (exact) mass is 394 g/mol. The highest BCUT2D eigenvalue weighted by molar-refractivity contribution is 7.89. The first-order valence-corrected chi connectivity index (χ1v) is 10.7. The van der Waals surface area contributed by atoms with E-state index >= 15 is 0 Å². The van der Waals surface area contributed by atoms with Crippen molar-refractivity contribution < 1.29 is 17.6 Å². The average Bonchev–Trinajstić information content (AvgIpc) is 3.14. The quantitative estimate of drug-likeness (QED) is 0.738. The summed E-state index contributed by atoms with van der Waals surface area (Å²) in [4.78, 5) is 14.4. The molecule has 2 aliphatic rings. The Kier molecular flexibility index (Phi) is 5.20. The van der Waals surface area contributed by atoms with Crippen LogP contribution in [0.25, 0.3) is 0 Å². The summed E-state index contributed by atoms with van der Waals surface area (Å²) >= 11 is 0. The standard InChI is InChI=1S/C20H27FN2O3S/c1-14(2)13-15-18(20(15,3)4)19(24)22-9-11-23(12-10-22)27(25,26)17-8-6-5-7-16(17)21/h5-8,13,15,18H,9-12H2,1-4H3/t15-,18+/m0/s1. The molecular formula is C20H27FN2O3S. The van der Waals surface area contributed by atoms with Gasteiger partial charge in [-0.25, -0.2) is 12.8 Å². The average molecular weight is 395 g/mol. The van der Waals surface area contributed by atoms with Crippen LogP contribution in [-0.4, -0.2) is 49.7 Å². The Bertz CT molecular complexity index is 867. The van der Waals surface area contributed by atoms with Crippen molar-refractivity contribution in [1.82, 2.24) is 9.21 Å². The van der Waals surface area contributed by atoms with Gasteiger partial charge in [-0.05, 0) is 37.3 Å². The molecule has 2 atom stereocenters. The summed E-state index contributed by atoms with van der Waals surface area (Å²) in [7, 11) is -3.89. The summed E-state index contributed by atoms with van der Waals surface area (Å²) in [6, 6.07) is 5.39. The highest BCUT2D eigenvalue weighted by atomic mass is 32.2. The maximum absolute atomic E-state index is 13.9. The number of allylic oxidation sites excluding steroid dienone is 2. The molecule has 0 aromatic heterocycles. The number of sulfonamides is 1. The lowest BCUT2D eigenvalue weighted by Crippen LogP contribution is -2.51. The van der Waals surface area contributed by atoms with Gasteiger partial charge in [0.15, 0.2) is 0 Å². The molecule has 1 aliphatic carbocycles. The topological polar surface area (TPSA) is 57.7 Å². The zero-order valence-electron chi connectivity index (χ0n) is 16.3. The van der Waals surface area contributed by atoms with Crippen LogP contribution in [0.4, 0.5) is 4.39 Å². The first-order chi connectivity index (χ1) is 12.6. The van der Waals surface area contributed by atoms with Gasteiger partial charge >= 0.3 is 0 Å². The van der Waals surface area contributed by atoms with Gasteiger partial charge in [0.1, 0.15) is 10.7 Å². The molecule has 2 fully saturated rings. The van der Waals surface area contributed by atoms with Crippen LogP contribution >= 0.6 is 0 Å². The third-order valence-electron chi connectivity index (χ3n) is 5.69. The van der Waals surface area contributed by atoms with Crippen molar-refractivity contribution in [3.8, 4) is 0 Å². The van der Waals surface area contributed by atoms with Gasteiger partial charge in [-0.1, -0.05) is 37.6 Å². The van der Waals surface area contributed by atoms with Crippen LogP contribution in [0, 0.1) is 23.1 Å². The summed E-state index contributed by atoms with van der Waals surface area (Å²) in [6.45, 7) is 9.29. The maximum Gasteiger partial charge on any atom is 0.246 e. The van der Waals surface area contributed by atoms with Gasteiger partial charge in [-0.15, -0.1) is 0 Å². The highest BCUT2D eigenvalue weighted by Gasteiger charge is 2.61. The summed E-state index contributed by atoms with van der Waals surface area (Å²) in [5.74, 6) is -0.483. The third-order valence-corrected chi connectivity index (χ3v) is 7.63. The number of amides is 1. The van der Waals surface area contributed by atoms with Crippen LogP contribution in [0.3, 0.4) is 0 Å². The number of hydrogen-bond acceptors (Lipinski definition) is 3. The Hall–Kier alpha value is -1.73. The van der Waals surface area contributed by atoms with E-state index < -0.39 is 15.8 Å². The van der Waals surface area contributed by atoms with E-state index in [-0.39, 0.29) is 41.1 Å². The Balaban J connectivity index is 1.67. The molecule has 7 heteroatoms. The van der Waals surface area contributed by atoms with E-state index in [0.29, 0.717) is 13.1 Å². The van der Waals surface area contributed by atoms with Crippen molar-refractivity contribution in [2.24, 2.45) is 17.3 Å². The molecule has 1 aliphatic heterocycles. The molecule has 0 N–H and O–H groups in total. The van der Waals surface area contributed by atoms with Gasteiger partial charge in [0, 0.05) is 26.2 Å². The molecule has 1 saturated carbocycles. The molecule has 1 aromatic rings. The van der Waals surface area contributed by atoms with Gasteiger partial charge < -0.3 is 4.90 Å². The smallest absolute Gasteiger partial charge is 0.246 e. The Labute approximate surface area is 160 Å². The number of piperazine rings is 1. The van der Waals surface area contributed by atoms with E-state index in [0.717, 1.165) is 6.07 Å². The summed E-state index contributed by atoms with van der Waals surface area (Å²) < 4.78 is 40.5. The first kappa shape index (κ1) is 20.0. The summed E-state index contributed by atoms with van der Waals surface area (Å²) in [6.07, 6.45) is 2.15. The summed E-state index contributed by atoms with van der Waals surface area (Å²) in [5.41, 5.74) is 1.13. The number of rotatable bonds is 4. The van der Waals surface area contributed by atoms with Gasteiger partial charge in [0.05, 0.1) is 5.92 Å². The van der Waals surface area contributed by atoms with Crippen LogP contribution in [0.2, 0.25) is 0 Å². The minimum absolute atomic E-state index is 0.0536. The van der Waals surface area contributed by atoms with Crippen molar-refractivity contribution in [1.29, 1.82) is 0 Å². The molecule has 0 radical (unpaired) electrons. The molecule has 1 aromatic carbocycles. The van der Waals surface area contributed by atoms with Crippen molar-refractivity contribution in [3.05, 3.63) is 41.7 Å². The third kappa shape index (κ3) is 3.67. The number of hydrogen-bond donors (Lipinski definition) is 0. The van der Waals surface area contributed by atoms with Crippen LogP contribution < -0.4 is 0 Å². The molecular weight excluding hydrogens is 367 g/mol. The lowest BCUT2D eigenvalue weighted by atomic mass is 10.1. The number of halogens is 1. The van der Waals surface area contributed by atoms with E-state index in [4.69, 9.17) is 0 Å². The van der Waals surface area contributed by atoms with E-state index in [2.05, 4.69) is 19.9 Å². The molecule has 1 amide bonds. The zero-order valence-corrected chi connectivity index (χ0v) is 17.1. The molecule has 0 unspecified atom stereocenters. The first-order valence-electron chi connectivity index (χ1n) is 9.25. The lowest BCUT2D eigenvalue weighted by Gasteiger charge is -2.34. The molecule has 1 heterocycles. The van der Waals surface area contributed by atoms with Crippen LogP contribution in [0.15, 0.2) is 40.8 Å². The van der Waals surface area contributed by atoms with Gasteiger partial charge in [0.2, 0.25) is 15.9 Å². The second-order valence-electron chi connectivity index (χ2n) is 8.23. The second-order valence-corrected chi connectivity index (χ2v) is 10.1. The van der Waals surface area contributed by atoms with Crippen LogP contribution in [0.1, 0.15) is 27.7 Å². The Morgan fingerprint density at radius 2 is 1.74 bits per heavy atom. The fourth-order valence-corrected chi connectivity index (χ4v) is 5.45. The minimum Gasteiger partial charge on any atom is -0.340 e. The minimum atomic E-state index is -3.89. The van der Waals surface area contributed by atoms with Crippen LogP contribution in [-0.2, 0) is 14.8 Å². The number of benzene rings is 1. The second kappa shape index (κ2) is 7.02. The van der Waals surface area contributed by atoms with Gasteiger partial charge in [0.25, 0.3) is 0 Å². The highest BCUT2D eigenvalue weighted by Crippen LogP contribution is 2.60. The normalized spacial score (nSPS) is 25.1. The van der Waals surface area contributed by atoms with Gasteiger partial charge in [-0.2, -0.15) is 4.31 Å². The molecule has 5 nitrogen and oxygen atoms in total. The fourth-order valence-electron chi connectivity index (χ4n) is 3.96. The van der Waals surface area contributed by atoms with E-state index in [9.17, 15) is 17.6 Å². The van der Waals surface area contributed by atoms with E-state index in [1.165, 1.54) is 28.1 Å². The molecule has 3 rings (SSSR count). The zero-order chi connectivity index (χ0) is 20.0. The Morgan fingerprint density at radius 1 is 1.15 bits per heavy atom. The number of carbonyl (C=O) groups excluding carboxylic acids is 1. The van der Waals surface area contributed by atoms with Crippen molar-refractivity contribution in [2.45, 2.75) is 32.6 Å². The SMILES string of the molecule is CC(C)=C[C@H]1[C@H](C(=O)N2CCN(S(=O)(=O)c3ccccc3F)CC2)C1(C)C. The molecule has 1 saturated heterocycles. The largest absolute Gasteiger partial charge is 0.340 e. The van der Waals surface area contributed by atoms with Crippen molar-refractivity contribution >= 4 is 15.9 Å². The number of nitrogens with zero attached hydrogens (tertiary/aromatic N) is 2. The van der Waals surface area contributed by atoms with Gasteiger partial charge in [-0.3, -0.25) is 4.79 Å². The maximum atomic E-state index is 13.9. The summed E-state index contributed by atoms with van der Waals surface area (Å²) in [5, 5.41) is 0. The molecule has 0 spiro atoms. The number of carbonyl (C=O) groups is 1. The van der Waals surface area contributed by atoms with Crippen molar-refractivity contribution in [3.63, 3.8) is 0 Å². The van der Waals surface area contributed by atoms with Crippen LogP contribution in [0.5, 0.6) is 0 Å². The molecule has 0 bridgehead atoms. The van der Waals surface area contributed by atoms with Crippen molar-refractivity contribution in [2.75, 3.05) is 26.2 Å². The predicted octanol–water partition coefficient (Wildman–Crippen LogP) is 2.90. The predicted molar refractivity (Wildman–Crippen MR) is 102 cm³/mol. The molecule has 148 valence electrons. The fraction of sp³-hybridized carbons (Fsp3) is 0.550. The van der Waals surface area contributed by atoms with E-state index in [1.54, 1.807) is 4.90 Å². The Morgan fingerprint density at radius 3 is 2.30 bits per heavy atom. The van der Waals surface area contributed by atoms with E-state index in [1.807, 2.05) is 13.8 Å². The molecule has 27 heavy (non-hydrogen) atoms. The lowest BCUT2D eigenvalue weighted by molar-refractivity contribution is -0.134.